The fraction of sp³-hybridized carbons (Fsp3) is 0.407. The molecule has 4 aliphatic rings. The van der Waals surface area contributed by atoms with Crippen LogP contribution in [-0.4, -0.2) is 72.1 Å². The van der Waals surface area contributed by atoms with Crippen molar-refractivity contribution < 1.29 is 57.4 Å². The van der Waals surface area contributed by atoms with Gasteiger partial charge < -0.3 is 38.3 Å². The number of hydrogen-bond donors (Lipinski definition) is 1. The van der Waals surface area contributed by atoms with Crippen LogP contribution in [0.1, 0.15) is 37.2 Å². The van der Waals surface area contributed by atoms with Crippen LogP contribution in [0.5, 0.6) is 0 Å². The zero-order valence-electron chi connectivity index (χ0n) is 20.9. The van der Waals surface area contributed by atoms with Crippen LogP contribution in [0, 0.1) is 0 Å². The minimum atomic E-state index is -1.40. The first kappa shape index (κ1) is 26.8. The van der Waals surface area contributed by atoms with Crippen molar-refractivity contribution in [2.75, 3.05) is 0 Å². The lowest BCUT2D eigenvalue weighted by Crippen LogP contribution is -2.76. The number of hydrogen-bond acceptors (Lipinski definition) is 12. The smallest absolute Gasteiger partial charge is 0.352 e. The molecule has 0 aromatic heterocycles. The maximum Gasteiger partial charge on any atom is 0.352 e. The Hall–Kier alpha value is -3.84. The molecule has 3 heterocycles. The Labute approximate surface area is 222 Å². The third-order valence-electron chi connectivity index (χ3n) is 6.48. The lowest BCUT2D eigenvalue weighted by atomic mass is 9.82. The van der Waals surface area contributed by atoms with Gasteiger partial charge in [0.05, 0.1) is 0 Å². The van der Waals surface area contributed by atoms with Gasteiger partial charge in [0.2, 0.25) is 12.2 Å². The van der Waals surface area contributed by atoms with Gasteiger partial charge in [-0.25, -0.2) is 9.59 Å². The summed E-state index contributed by atoms with van der Waals surface area (Å²) in [5.74, 6) is -3.31. The number of benzene rings is 2. The third-order valence-corrected chi connectivity index (χ3v) is 6.48. The topological polar surface area (TPSA) is 153 Å². The molecule has 4 bridgehead atoms. The number of aliphatic hydroxyl groups excluding tert-OH is 1. The van der Waals surface area contributed by atoms with Crippen molar-refractivity contribution in [3.05, 3.63) is 71.8 Å². The zero-order valence-corrected chi connectivity index (χ0v) is 20.9. The van der Waals surface area contributed by atoms with Crippen LogP contribution in [0.15, 0.2) is 60.7 Å². The number of rotatable bonds is 8. The van der Waals surface area contributed by atoms with Gasteiger partial charge in [-0.05, 0) is 0 Å². The lowest BCUT2D eigenvalue weighted by Gasteiger charge is -2.56. The van der Waals surface area contributed by atoms with Gasteiger partial charge in [0, 0.05) is 25.0 Å². The second kappa shape index (κ2) is 11.1. The first-order valence-electron chi connectivity index (χ1n) is 12.2. The molecule has 3 aliphatic heterocycles. The van der Waals surface area contributed by atoms with Gasteiger partial charge in [0.25, 0.3) is 6.48 Å². The molecule has 0 amide bonds. The van der Waals surface area contributed by atoms with Crippen molar-refractivity contribution in [1.82, 2.24) is 0 Å². The Morgan fingerprint density at radius 2 is 1.05 bits per heavy atom. The predicted molar refractivity (Wildman–Crippen MR) is 126 cm³/mol. The summed E-state index contributed by atoms with van der Waals surface area (Å²) in [4.78, 5) is 49.9. The highest BCUT2D eigenvalue weighted by Crippen LogP contribution is 2.43. The average molecular weight is 542 g/mol. The third kappa shape index (κ3) is 5.50. The van der Waals surface area contributed by atoms with E-state index in [2.05, 4.69) is 0 Å². The summed E-state index contributed by atoms with van der Waals surface area (Å²) in [5, 5.41) is 10.9. The normalized spacial score (nSPS) is 30.1. The van der Waals surface area contributed by atoms with Crippen LogP contribution >= 0.6 is 0 Å². The average Bonchev–Trinajstić information content (AvgIpc) is 2.92. The van der Waals surface area contributed by atoms with E-state index in [0.29, 0.717) is 11.1 Å². The molecule has 4 fully saturated rings. The minimum absolute atomic E-state index is 0.363. The summed E-state index contributed by atoms with van der Waals surface area (Å²) in [6.45, 7) is 1.12. The van der Waals surface area contributed by atoms with Gasteiger partial charge in [-0.2, -0.15) is 0 Å². The van der Waals surface area contributed by atoms with Crippen LogP contribution in [0.2, 0.25) is 0 Å². The van der Waals surface area contributed by atoms with Gasteiger partial charge >= 0.3 is 23.9 Å². The summed E-state index contributed by atoms with van der Waals surface area (Å²) >= 11 is 0. The van der Waals surface area contributed by atoms with E-state index in [0.717, 1.165) is 13.8 Å². The Morgan fingerprint density at radius 3 is 1.44 bits per heavy atom. The first-order chi connectivity index (χ1) is 18.7. The van der Waals surface area contributed by atoms with E-state index in [-0.39, 0.29) is 0 Å². The molecule has 39 heavy (non-hydrogen) atoms. The van der Waals surface area contributed by atoms with Crippen LogP contribution in [0.3, 0.4) is 0 Å². The Morgan fingerprint density at radius 1 is 0.667 bits per heavy atom. The summed E-state index contributed by atoms with van der Waals surface area (Å²) in [5.41, 5.74) is 0.726. The molecule has 1 saturated carbocycles. The molecule has 12 nitrogen and oxygen atoms in total. The molecule has 1 N–H and O–H groups in total. The molecule has 12 heteroatoms. The SMILES string of the molecule is CC(=O)O[C@H](C(=O)O[C@@H]1C2OC3O[C@H](C(O)[C@@H]1O3)[C@H]2OC(=O)[C@@H](OC(C)=O)c1ccccc1)c1ccccc1. The number of aliphatic hydroxyl groups is 1. The minimum Gasteiger partial charge on any atom is -0.454 e. The molecule has 2 aromatic carbocycles. The Balaban J connectivity index is 1.38. The van der Waals surface area contributed by atoms with E-state index in [1.807, 2.05) is 0 Å². The molecule has 3 saturated heterocycles. The molecule has 3 unspecified atom stereocenters. The van der Waals surface area contributed by atoms with Crippen molar-refractivity contribution in [1.29, 1.82) is 0 Å². The highest BCUT2D eigenvalue weighted by atomic mass is 16.9. The number of esters is 4. The highest BCUT2D eigenvalue weighted by Gasteiger charge is 2.65. The van der Waals surface area contributed by atoms with E-state index in [9.17, 15) is 24.3 Å². The fourth-order valence-corrected chi connectivity index (χ4v) is 4.84. The zero-order chi connectivity index (χ0) is 27.7. The number of ether oxygens (including phenoxy) is 7. The van der Waals surface area contributed by atoms with E-state index in [1.165, 1.54) is 0 Å². The van der Waals surface area contributed by atoms with E-state index >= 15 is 0 Å². The maximum absolute atomic E-state index is 13.2. The van der Waals surface area contributed by atoms with Gasteiger partial charge in [-0.3, -0.25) is 9.59 Å². The largest absolute Gasteiger partial charge is 0.454 e. The van der Waals surface area contributed by atoms with Crippen LogP contribution in [0.25, 0.3) is 0 Å². The van der Waals surface area contributed by atoms with Crippen molar-refractivity contribution in [3.63, 3.8) is 0 Å². The van der Waals surface area contributed by atoms with Gasteiger partial charge in [-0.1, -0.05) is 60.7 Å². The predicted octanol–water partition coefficient (Wildman–Crippen LogP) is 1.26. The Kier molecular flexibility index (Phi) is 7.62. The van der Waals surface area contributed by atoms with E-state index < -0.39 is 79.2 Å². The first-order valence-corrected chi connectivity index (χ1v) is 12.2. The Bertz CT molecular complexity index is 1130. The molecule has 206 valence electrons. The van der Waals surface area contributed by atoms with Crippen LogP contribution in [-0.2, 0) is 52.3 Å². The molecule has 2 aromatic rings. The number of carbonyl (C=O) groups excluding carboxylic acids is 4. The van der Waals surface area contributed by atoms with Crippen molar-refractivity contribution >= 4 is 23.9 Å². The summed E-state index contributed by atoms with van der Waals surface area (Å²) < 4.78 is 38.6. The van der Waals surface area contributed by atoms with Gasteiger partial charge in [0.15, 0.2) is 12.2 Å². The van der Waals surface area contributed by atoms with E-state index in [1.54, 1.807) is 60.7 Å². The highest BCUT2D eigenvalue weighted by molar-refractivity contribution is 5.81. The monoisotopic (exact) mass is 542 g/mol. The molecular formula is C27H26O12. The maximum atomic E-state index is 13.2. The fourth-order valence-electron chi connectivity index (χ4n) is 4.84. The standard InChI is InChI=1S/C27H26O12/c1-13(28)33-18(15-9-5-3-6-10-15)25(31)35-22-20-17(30)21-23(24(22)39-27(37-20)38-21)36-26(32)19(34-14(2)29)16-11-7-4-8-12-16/h3-12,17-24,27,30H,1-2H3/t17?,18-,19-,20-,21+,22-,23+,24?,27?/m0/s1. The van der Waals surface area contributed by atoms with Crippen LogP contribution in [0.4, 0.5) is 0 Å². The van der Waals surface area contributed by atoms with Crippen LogP contribution < -0.4 is 0 Å². The molecular weight excluding hydrogens is 516 g/mol. The molecule has 9 atom stereocenters. The molecule has 0 radical (unpaired) electrons. The second-order valence-electron chi connectivity index (χ2n) is 9.18. The van der Waals surface area contributed by atoms with Gasteiger partial charge in [-0.15, -0.1) is 0 Å². The number of carbonyl (C=O) groups is 4. The molecule has 1 aliphatic carbocycles. The van der Waals surface area contributed by atoms with E-state index in [4.69, 9.17) is 33.2 Å². The van der Waals surface area contributed by atoms with Crippen molar-refractivity contribution in [2.24, 2.45) is 0 Å². The summed E-state index contributed by atoms with van der Waals surface area (Å²) in [6, 6.07) is 16.5. The molecule has 6 rings (SSSR count). The molecule has 0 spiro atoms. The quantitative estimate of drug-likeness (QED) is 0.377. The van der Waals surface area contributed by atoms with Crippen molar-refractivity contribution in [3.8, 4) is 0 Å². The second-order valence-corrected chi connectivity index (χ2v) is 9.18. The van der Waals surface area contributed by atoms with Gasteiger partial charge in [0.1, 0.15) is 24.4 Å². The summed E-state index contributed by atoms with van der Waals surface area (Å²) in [7, 11) is 0. The lowest BCUT2D eigenvalue weighted by molar-refractivity contribution is -0.480. The summed E-state index contributed by atoms with van der Waals surface area (Å²) in [6.07, 6.45) is -9.93. The van der Waals surface area contributed by atoms with Crippen molar-refractivity contribution in [2.45, 2.75) is 69.2 Å².